The van der Waals surface area contributed by atoms with E-state index < -0.39 is 11.7 Å². The van der Waals surface area contributed by atoms with Gasteiger partial charge in [0.1, 0.15) is 6.61 Å². The Hall–Kier alpha value is -4.49. The lowest BCUT2D eigenvalue weighted by atomic mass is 9.83. The standard InChI is InChI=1S/C34H35N3O4/c38-32(30-20-29(22-35-24-30)15-14-26-8-3-1-4-9-26)37-18-16-34(40,17-19-37)31-13-7-12-28(21-31)23-36-33(39)41-25-27-10-5-2-6-11-27/h1-13,20-22,24,40H,14-19,23,25H2,(H,36,39). The van der Waals surface area contributed by atoms with Gasteiger partial charge in [0.05, 0.1) is 11.2 Å². The van der Waals surface area contributed by atoms with Crippen molar-refractivity contribution in [2.75, 3.05) is 13.1 Å². The van der Waals surface area contributed by atoms with Crippen LogP contribution < -0.4 is 5.32 Å². The number of amides is 2. The van der Waals surface area contributed by atoms with Crippen LogP contribution in [0.25, 0.3) is 0 Å². The van der Waals surface area contributed by atoms with Crippen LogP contribution in [0.15, 0.2) is 103 Å². The molecule has 0 unspecified atom stereocenters. The van der Waals surface area contributed by atoms with Crippen molar-refractivity contribution in [3.63, 3.8) is 0 Å². The van der Waals surface area contributed by atoms with Gasteiger partial charge in [0.25, 0.3) is 5.91 Å². The summed E-state index contributed by atoms with van der Waals surface area (Å²) in [6, 6.07) is 29.3. The number of alkyl carbamates (subject to hydrolysis) is 1. The normalized spacial score (nSPS) is 14.3. The molecule has 4 aromatic rings. The second kappa shape index (κ2) is 13.2. The van der Waals surface area contributed by atoms with E-state index in [2.05, 4.69) is 22.4 Å². The van der Waals surface area contributed by atoms with E-state index in [1.807, 2.05) is 85.1 Å². The lowest BCUT2D eigenvalue weighted by Crippen LogP contribution is -2.45. The maximum atomic E-state index is 13.3. The summed E-state index contributed by atoms with van der Waals surface area (Å²) in [5.41, 5.74) is 4.38. The minimum Gasteiger partial charge on any atom is -0.445 e. The van der Waals surface area contributed by atoms with Crippen LogP contribution in [0.2, 0.25) is 0 Å². The number of aromatic nitrogens is 1. The molecular formula is C34H35N3O4. The smallest absolute Gasteiger partial charge is 0.407 e. The van der Waals surface area contributed by atoms with Crippen LogP contribution in [0.1, 0.15) is 51.0 Å². The van der Waals surface area contributed by atoms with Crippen molar-refractivity contribution >= 4 is 12.0 Å². The summed E-state index contributed by atoms with van der Waals surface area (Å²) in [5, 5.41) is 14.3. The molecular weight excluding hydrogens is 514 g/mol. The number of benzene rings is 3. The van der Waals surface area contributed by atoms with Gasteiger partial charge in [-0.05, 0) is 59.6 Å². The molecule has 1 aliphatic rings. The van der Waals surface area contributed by atoms with Crippen LogP contribution >= 0.6 is 0 Å². The summed E-state index contributed by atoms with van der Waals surface area (Å²) in [6.45, 7) is 1.38. The summed E-state index contributed by atoms with van der Waals surface area (Å²) < 4.78 is 5.29. The Balaban J connectivity index is 1.13. The fourth-order valence-corrected chi connectivity index (χ4v) is 5.14. The maximum Gasteiger partial charge on any atom is 0.407 e. The molecule has 2 N–H and O–H groups in total. The van der Waals surface area contributed by atoms with Crippen LogP contribution in [-0.2, 0) is 36.3 Å². The molecule has 210 valence electrons. The highest BCUT2D eigenvalue weighted by molar-refractivity contribution is 5.94. The SMILES string of the molecule is O=C(NCc1cccc(C2(O)CCN(C(=O)c3cncc(CCc4ccccc4)c3)CC2)c1)OCc1ccccc1. The third kappa shape index (κ3) is 7.58. The Morgan fingerprint density at radius 1 is 0.805 bits per heavy atom. The van der Waals surface area contributed by atoms with Gasteiger partial charge in [-0.3, -0.25) is 9.78 Å². The van der Waals surface area contributed by atoms with Crippen molar-refractivity contribution in [2.24, 2.45) is 0 Å². The predicted octanol–water partition coefficient (Wildman–Crippen LogP) is 5.42. The van der Waals surface area contributed by atoms with Gasteiger partial charge in [-0.25, -0.2) is 4.79 Å². The molecule has 3 aromatic carbocycles. The molecule has 7 nitrogen and oxygen atoms in total. The fourth-order valence-electron chi connectivity index (χ4n) is 5.14. The number of hydrogen-bond acceptors (Lipinski definition) is 5. The number of carbonyl (C=O) groups excluding carboxylic acids is 2. The zero-order valence-electron chi connectivity index (χ0n) is 23.0. The molecule has 1 aliphatic heterocycles. The molecule has 1 aromatic heterocycles. The zero-order chi connectivity index (χ0) is 28.5. The Bertz CT molecular complexity index is 1450. The second-order valence-corrected chi connectivity index (χ2v) is 10.5. The summed E-state index contributed by atoms with van der Waals surface area (Å²) in [6.07, 6.45) is 5.50. The third-order valence-electron chi connectivity index (χ3n) is 7.58. The Morgan fingerprint density at radius 2 is 1.46 bits per heavy atom. The van der Waals surface area contributed by atoms with E-state index in [4.69, 9.17) is 4.74 Å². The first-order valence-electron chi connectivity index (χ1n) is 14.0. The first-order valence-corrected chi connectivity index (χ1v) is 14.0. The van der Waals surface area contributed by atoms with E-state index in [0.717, 1.165) is 35.1 Å². The molecule has 2 heterocycles. The van der Waals surface area contributed by atoms with Crippen molar-refractivity contribution in [3.8, 4) is 0 Å². The highest BCUT2D eigenvalue weighted by Gasteiger charge is 2.36. The number of aryl methyl sites for hydroxylation is 2. The number of piperidine rings is 1. The van der Waals surface area contributed by atoms with E-state index in [1.54, 1.807) is 11.1 Å². The third-order valence-corrected chi connectivity index (χ3v) is 7.58. The number of nitrogens with one attached hydrogen (secondary N) is 1. The number of likely N-dealkylation sites (tertiary alicyclic amines) is 1. The minimum absolute atomic E-state index is 0.0620. The van der Waals surface area contributed by atoms with E-state index in [-0.39, 0.29) is 19.1 Å². The lowest BCUT2D eigenvalue weighted by molar-refractivity contribution is -0.0212. The fraction of sp³-hybridized carbons (Fsp3) is 0.265. The quantitative estimate of drug-likeness (QED) is 0.291. The van der Waals surface area contributed by atoms with Crippen molar-refractivity contribution in [1.29, 1.82) is 0 Å². The zero-order valence-corrected chi connectivity index (χ0v) is 23.0. The van der Waals surface area contributed by atoms with Gasteiger partial charge in [0.15, 0.2) is 0 Å². The molecule has 7 heteroatoms. The monoisotopic (exact) mass is 549 g/mol. The summed E-state index contributed by atoms with van der Waals surface area (Å²) in [5.74, 6) is -0.0620. The van der Waals surface area contributed by atoms with Crippen molar-refractivity contribution < 1.29 is 19.4 Å². The summed E-state index contributed by atoms with van der Waals surface area (Å²) in [7, 11) is 0. The molecule has 0 spiro atoms. The van der Waals surface area contributed by atoms with Gasteiger partial charge in [0, 0.05) is 32.0 Å². The van der Waals surface area contributed by atoms with Crippen LogP contribution in [0, 0.1) is 0 Å². The molecule has 2 amide bonds. The molecule has 0 atom stereocenters. The number of aliphatic hydroxyl groups is 1. The van der Waals surface area contributed by atoms with Crippen LogP contribution in [0.4, 0.5) is 4.79 Å². The number of nitrogens with zero attached hydrogens (tertiary/aromatic N) is 2. The lowest BCUT2D eigenvalue weighted by Gasteiger charge is -2.38. The summed E-state index contributed by atoms with van der Waals surface area (Å²) >= 11 is 0. The predicted molar refractivity (Wildman–Crippen MR) is 157 cm³/mol. The molecule has 0 radical (unpaired) electrons. The van der Waals surface area contributed by atoms with E-state index in [1.165, 1.54) is 5.56 Å². The highest BCUT2D eigenvalue weighted by Crippen LogP contribution is 2.33. The molecule has 41 heavy (non-hydrogen) atoms. The summed E-state index contributed by atoms with van der Waals surface area (Å²) in [4.78, 5) is 31.5. The van der Waals surface area contributed by atoms with E-state index in [0.29, 0.717) is 31.5 Å². The highest BCUT2D eigenvalue weighted by atomic mass is 16.5. The van der Waals surface area contributed by atoms with Gasteiger partial charge in [-0.2, -0.15) is 0 Å². The van der Waals surface area contributed by atoms with Crippen LogP contribution in [0.5, 0.6) is 0 Å². The molecule has 5 rings (SSSR count). The number of carbonyl (C=O) groups is 2. The van der Waals surface area contributed by atoms with E-state index in [9.17, 15) is 14.7 Å². The number of rotatable bonds is 9. The molecule has 1 fully saturated rings. The topological polar surface area (TPSA) is 91.8 Å². The van der Waals surface area contributed by atoms with Gasteiger partial charge in [-0.1, -0.05) is 84.9 Å². The number of hydrogen-bond donors (Lipinski definition) is 2. The minimum atomic E-state index is -1.05. The van der Waals surface area contributed by atoms with Gasteiger partial charge < -0.3 is 20.1 Å². The van der Waals surface area contributed by atoms with Gasteiger partial charge >= 0.3 is 6.09 Å². The first-order chi connectivity index (χ1) is 20.0. The Labute approximate surface area is 240 Å². The van der Waals surface area contributed by atoms with E-state index >= 15 is 0 Å². The number of pyridine rings is 1. The van der Waals surface area contributed by atoms with Crippen molar-refractivity contribution in [1.82, 2.24) is 15.2 Å². The van der Waals surface area contributed by atoms with Crippen molar-refractivity contribution in [3.05, 3.63) is 137 Å². The first kappa shape index (κ1) is 28.1. The van der Waals surface area contributed by atoms with Gasteiger partial charge in [-0.15, -0.1) is 0 Å². The molecule has 0 saturated carbocycles. The van der Waals surface area contributed by atoms with Crippen LogP contribution in [-0.4, -0.2) is 40.1 Å². The maximum absolute atomic E-state index is 13.3. The van der Waals surface area contributed by atoms with Crippen LogP contribution in [0.3, 0.4) is 0 Å². The Morgan fingerprint density at radius 3 is 2.20 bits per heavy atom. The second-order valence-electron chi connectivity index (χ2n) is 10.5. The molecule has 1 saturated heterocycles. The average molecular weight is 550 g/mol. The largest absolute Gasteiger partial charge is 0.445 e. The molecule has 0 aliphatic carbocycles. The average Bonchev–Trinajstić information content (AvgIpc) is 3.03. The number of ether oxygens (including phenoxy) is 1. The van der Waals surface area contributed by atoms with Gasteiger partial charge in [0.2, 0.25) is 0 Å². The molecule has 0 bridgehead atoms. The van der Waals surface area contributed by atoms with Crippen molar-refractivity contribution in [2.45, 2.75) is 44.4 Å². The Kier molecular flexibility index (Phi) is 9.06.